The third-order valence-electron chi connectivity index (χ3n) is 6.48. The van der Waals surface area contributed by atoms with Gasteiger partial charge in [0, 0.05) is 0 Å². The maximum Gasteiger partial charge on any atom is 0.231 e. The molecule has 0 aliphatic heterocycles. The van der Waals surface area contributed by atoms with Gasteiger partial charge in [0.2, 0.25) is 11.8 Å². The van der Waals surface area contributed by atoms with Crippen molar-refractivity contribution < 1.29 is 9.59 Å². The number of hydrogen-bond donors (Lipinski definition) is 2. The molecule has 4 nitrogen and oxygen atoms in total. The standard InChI is InChI=1S/C32H40N2O2/c1-21(2)19-25-11-15-27(16-12-25)23(5)31(35)33-29-9-7-8-10-30(29)34-32(36)24(6)28-17-13-26(14-18-28)20-22(3)4/h7-18,21-24H,19-20H2,1-6H3,(H,33,35)(H,34,36)/t23-,24+. The number of rotatable bonds is 10. The molecule has 0 fully saturated rings. The Morgan fingerprint density at radius 3 is 1.19 bits per heavy atom. The van der Waals surface area contributed by atoms with Gasteiger partial charge in [-0.15, -0.1) is 0 Å². The first-order valence-corrected chi connectivity index (χ1v) is 13.0. The summed E-state index contributed by atoms with van der Waals surface area (Å²) in [5.74, 6) is 0.338. The summed E-state index contributed by atoms with van der Waals surface area (Å²) >= 11 is 0. The maximum absolute atomic E-state index is 13.1. The lowest BCUT2D eigenvalue weighted by Crippen LogP contribution is -2.22. The van der Waals surface area contributed by atoms with Crippen molar-refractivity contribution in [3.8, 4) is 0 Å². The minimum atomic E-state index is -0.315. The normalized spacial score (nSPS) is 12.9. The summed E-state index contributed by atoms with van der Waals surface area (Å²) in [5.41, 5.74) is 5.68. The van der Waals surface area contributed by atoms with Gasteiger partial charge in [-0.3, -0.25) is 9.59 Å². The highest BCUT2D eigenvalue weighted by Crippen LogP contribution is 2.26. The number of carbonyl (C=O) groups is 2. The number of amides is 2. The summed E-state index contributed by atoms with van der Waals surface area (Å²) in [6, 6.07) is 23.9. The number of para-hydroxylation sites is 2. The molecule has 4 heteroatoms. The third kappa shape index (κ3) is 7.55. The lowest BCUT2D eigenvalue weighted by Gasteiger charge is -2.18. The highest BCUT2D eigenvalue weighted by molar-refractivity contribution is 6.03. The third-order valence-corrected chi connectivity index (χ3v) is 6.48. The summed E-state index contributed by atoms with van der Waals surface area (Å²) in [7, 11) is 0. The van der Waals surface area contributed by atoms with Gasteiger partial charge in [0.15, 0.2) is 0 Å². The van der Waals surface area contributed by atoms with Crippen LogP contribution in [-0.2, 0) is 22.4 Å². The largest absolute Gasteiger partial charge is 0.324 e. The molecule has 3 rings (SSSR count). The molecule has 190 valence electrons. The zero-order chi connectivity index (χ0) is 26.2. The van der Waals surface area contributed by atoms with E-state index in [0.717, 1.165) is 24.0 Å². The van der Waals surface area contributed by atoms with Crippen molar-refractivity contribution in [2.24, 2.45) is 11.8 Å². The van der Waals surface area contributed by atoms with Crippen LogP contribution in [0, 0.1) is 11.8 Å². The lowest BCUT2D eigenvalue weighted by molar-refractivity contribution is -0.118. The predicted molar refractivity (Wildman–Crippen MR) is 150 cm³/mol. The SMILES string of the molecule is CC(C)Cc1ccc([C@H](C)C(=O)Nc2ccccc2NC(=O)[C@H](C)c2ccc(CC(C)C)cc2)cc1. The van der Waals surface area contributed by atoms with Crippen LogP contribution in [0.5, 0.6) is 0 Å². The average molecular weight is 485 g/mol. The molecule has 0 heterocycles. The minimum Gasteiger partial charge on any atom is -0.324 e. The molecule has 36 heavy (non-hydrogen) atoms. The van der Waals surface area contributed by atoms with Crippen LogP contribution < -0.4 is 10.6 Å². The van der Waals surface area contributed by atoms with E-state index < -0.39 is 0 Å². The Morgan fingerprint density at radius 1 is 0.556 bits per heavy atom. The summed E-state index contributed by atoms with van der Waals surface area (Å²) in [5, 5.41) is 6.02. The Labute approximate surface area is 216 Å². The Kier molecular flexibility index (Phi) is 9.46. The molecule has 0 aliphatic rings. The number of carbonyl (C=O) groups excluding carboxylic acids is 2. The van der Waals surface area contributed by atoms with Crippen LogP contribution in [0.1, 0.15) is 75.6 Å². The molecule has 0 aliphatic carbocycles. The van der Waals surface area contributed by atoms with Crippen LogP contribution >= 0.6 is 0 Å². The molecule has 0 bridgehead atoms. The fourth-order valence-corrected chi connectivity index (χ4v) is 4.31. The summed E-state index contributed by atoms with van der Waals surface area (Å²) < 4.78 is 0. The predicted octanol–water partition coefficient (Wildman–Crippen LogP) is 7.57. The first kappa shape index (κ1) is 27.2. The van der Waals surface area contributed by atoms with Gasteiger partial charge < -0.3 is 10.6 Å². The topological polar surface area (TPSA) is 58.2 Å². The van der Waals surface area contributed by atoms with Crippen molar-refractivity contribution in [1.29, 1.82) is 0 Å². The van der Waals surface area contributed by atoms with E-state index in [1.54, 1.807) is 0 Å². The second kappa shape index (κ2) is 12.5. The Balaban J connectivity index is 1.66. The highest BCUT2D eigenvalue weighted by Gasteiger charge is 2.20. The van der Waals surface area contributed by atoms with E-state index in [-0.39, 0.29) is 23.7 Å². The Morgan fingerprint density at radius 2 is 0.889 bits per heavy atom. The molecule has 2 atom stereocenters. The molecule has 0 saturated carbocycles. The van der Waals surface area contributed by atoms with Crippen LogP contribution in [0.3, 0.4) is 0 Å². The van der Waals surface area contributed by atoms with E-state index in [0.29, 0.717) is 23.2 Å². The van der Waals surface area contributed by atoms with Gasteiger partial charge in [0.25, 0.3) is 0 Å². The van der Waals surface area contributed by atoms with Crippen LogP contribution in [0.15, 0.2) is 72.8 Å². The quantitative estimate of drug-likeness (QED) is 0.312. The van der Waals surface area contributed by atoms with Crippen molar-refractivity contribution in [3.05, 3.63) is 95.1 Å². The molecule has 3 aromatic rings. The number of anilines is 2. The first-order valence-electron chi connectivity index (χ1n) is 13.0. The van der Waals surface area contributed by atoms with Crippen LogP contribution in [-0.4, -0.2) is 11.8 Å². The van der Waals surface area contributed by atoms with Gasteiger partial charge in [-0.25, -0.2) is 0 Å². The number of benzene rings is 3. The van der Waals surface area contributed by atoms with Gasteiger partial charge in [-0.1, -0.05) is 88.4 Å². The Hall–Kier alpha value is -3.40. The average Bonchev–Trinajstić information content (AvgIpc) is 2.84. The van der Waals surface area contributed by atoms with Crippen molar-refractivity contribution >= 4 is 23.2 Å². The molecular weight excluding hydrogens is 444 g/mol. The molecular formula is C32H40N2O2. The van der Waals surface area contributed by atoms with Crippen molar-refractivity contribution in [2.45, 2.75) is 66.2 Å². The molecule has 2 amide bonds. The molecule has 0 aromatic heterocycles. The highest BCUT2D eigenvalue weighted by atomic mass is 16.2. The van der Waals surface area contributed by atoms with Crippen LogP contribution in [0.25, 0.3) is 0 Å². The first-order chi connectivity index (χ1) is 17.1. The molecule has 0 spiro atoms. The zero-order valence-electron chi connectivity index (χ0n) is 22.5. The van der Waals surface area contributed by atoms with E-state index in [9.17, 15) is 9.59 Å². The number of hydrogen-bond acceptors (Lipinski definition) is 2. The second-order valence-electron chi connectivity index (χ2n) is 10.6. The van der Waals surface area contributed by atoms with Gasteiger partial charge >= 0.3 is 0 Å². The van der Waals surface area contributed by atoms with Crippen molar-refractivity contribution in [1.82, 2.24) is 0 Å². The zero-order valence-corrected chi connectivity index (χ0v) is 22.5. The van der Waals surface area contributed by atoms with Crippen LogP contribution in [0.4, 0.5) is 11.4 Å². The van der Waals surface area contributed by atoms with E-state index in [2.05, 4.69) is 62.6 Å². The van der Waals surface area contributed by atoms with Crippen molar-refractivity contribution in [2.75, 3.05) is 10.6 Å². The van der Waals surface area contributed by atoms with Gasteiger partial charge in [0.1, 0.15) is 0 Å². The molecule has 0 unspecified atom stereocenters. The smallest absolute Gasteiger partial charge is 0.231 e. The van der Waals surface area contributed by atoms with E-state index in [4.69, 9.17) is 0 Å². The molecule has 0 saturated heterocycles. The fraction of sp³-hybridized carbons (Fsp3) is 0.375. The molecule has 3 aromatic carbocycles. The minimum absolute atomic E-state index is 0.109. The summed E-state index contributed by atoms with van der Waals surface area (Å²) in [4.78, 5) is 26.1. The van der Waals surface area contributed by atoms with Gasteiger partial charge in [-0.05, 0) is 72.9 Å². The van der Waals surface area contributed by atoms with E-state index >= 15 is 0 Å². The Bertz CT molecular complexity index is 1060. The van der Waals surface area contributed by atoms with Gasteiger partial charge in [-0.2, -0.15) is 0 Å². The fourth-order valence-electron chi connectivity index (χ4n) is 4.31. The summed E-state index contributed by atoms with van der Waals surface area (Å²) in [6.45, 7) is 12.6. The second-order valence-corrected chi connectivity index (χ2v) is 10.6. The van der Waals surface area contributed by atoms with Crippen molar-refractivity contribution in [3.63, 3.8) is 0 Å². The molecule has 0 radical (unpaired) electrons. The molecule has 2 N–H and O–H groups in total. The number of nitrogens with one attached hydrogen (secondary N) is 2. The van der Waals surface area contributed by atoms with E-state index in [1.165, 1.54) is 11.1 Å². The van der Waals surface area contributed by atoms with E-state index in [1.807, 2.05) is 62.4 Å². The lowest BCUT2D eigenvalue weighted by atomic mass is 9.96. The summed E-state index contributed by atoms with van der Waals surface area (Å²) in [6.07, 6.45) is 2.04. The maximum atomic E-state index is 13.1. The van der Waals surface area contributed by atoms with Crippen LogP contribution in [0.2, 0.25) is 0 Å². The monoisotopic (exact) mass is 484 g/mol. The van der Waals surface area contributed by atoms with Gasteiger partial charge in [0.05, 0.1) is 23.2 Å².